The van der Waals surface area contributed by atoms with Gasteiger partial charge in [-0.3, -0.25) is 4.57 Å². The second-order valence-corrected chi connectivity index (χ2v) is 8.99. The van der Waals surface area contributed by atoms with Gasteiger partial charge in [0.15, 0.2) is 0 Å². The van der Waals surface area contributed by atoms with Crippen LogP contribution < -0.4 is 27.8 Å². The number of piperidine rings is 1. The summed E-state index contributed by atoms with van der Waals surface area (Å²) in [5.74, 6) is 1.17. The number of aryl methyl sites for hydroxylation is 1. The molecule has 3 heterocycles. The van der Waals surface area contributed by atoms with Gasteiger partial charge in [0, 0.05) is 31.0 Å². The highest BCUT2D eigenvalue weighted by molar-refractivity contribution is 5.50. The Hall–Kier alpha value is -2.33. The largest absolute Gasteiger partial charge is 0.349 e. The minimum atomic E-state index is -0.243. The molecule has 0 amide bonds. The van der Waals surface area contributed by atoms with Crippen molar-refractivity contribution in [1.29, 1.82) is 0 Å². The highest BCUT2D eigenvalue weighted by Gasteiger charge is 2.25. The van der Waals surface area contributed by atoms with Crippen LogP contribution in [0.1, 0.15) is 44.6 Å². The Morgan fingerprint density at radius 1 is 1.09 bits per heavy atom. The first-order chi connectivity index (χ1) is 15.4. The average Bonchev–Trinajstić information content (AvgIpc) is 2.77. The van der Waals surface area contributed by atoms with Gasteiger partial charge in [-0.2, -0.15) is 4.98 Å². The van der Waals surface area contributed by atoms with Gasteiger partial charge in [0.25, 0.3) is 0 Å². The maximum Gasteiger partial charge on any atom is 0.349 e. The van der Waals surface area contributed by atoms with Gasteiger partial charge >= 0.3 is 5.69 Å². The molecule has 3 rings (SSSR count). The number of rotatable bonds is 12. The van der Waals surface area contributed by atoms with Crippen LogP contribution in [0, 0.1) is 0 Å². The molecule has 9 nitrogen and oxygen atoms in total. The molecule has 0 radical (unpaired) electrons. The molecule has 176 valence electrons. The van der Waals surface area contributed by atoms with E-state index >= 15 is 0 Å². The number of pyridine rings is 1. The smallest absolute Gasteiger partial charge is 0.330 e. The van der Waals surface area contributed by atoms with Gasteiger partial charge in [-0.15, -0.1) is 0 Å². The molecule has 0 atom stereocenters. The molecule has 0 aliphatic carbocycles. The summed E-state index contributed by atoms with van der Waals surface area (Å²) in [7, 11) is 0. The average molecular weight is 443 g/mol. The topological polar surface area (TPSA) is 127 Å². The van der Waals surface area contributed by atoms with E-state index in [1.807, 2.05) is 24.4 Å². The van der Waals surface area contributed by atoms with Crippen LogP contribution in [0.3, 0.4) is 0 Å². The molecule has 2 aromatic rings. The molecular weight excluding hydrogens is 404 g/mol. The molecule has 1 aliphatic rings. The highest BCUT2D eigenvalue weighted by Crippen LogP contribution is 2.18. The summed E-state index contributed by atoms with van der Waals surface area (Å²) in [5, 5.41) is 6.43. The number of anilines is 2. The third-order valence-electron chi connectivity index (χ3n) is 5.96. The van der Waals surface area contributed by atoms with Crippen molar-refractivity contribution in [2.75, 3.05) is 38.0 Å². The number of nitrogens with two attached hydrogens (primary N) is 2. The van der Waals surface area contributed by atoms with E-state index in [4.69, 9.17) is 11.5 Å². The van der Waals surface area contributed by atoms with Crippen molar-refractivity contribution in [3.8, 4) is 0 Å². The molecule has 0 unspecified atom stereocenters. The number of nitrogens with zero attached hydrogens (tertiary/aromatic N) is 4. The Bertz CT molecular complexity index is 870. The number of nitrogens with one attached hydrogen (secondary N) is 2. The van der Waals surface area contributed by atoms with Crippen molar-refractivity contribution in [3.63, 3.8) is 0 Å². The zero-order valence-electron chi connectivity index (χ0n) is 19.2. The van der Waals surface area contributed by atoms with Gasteiger partial charge in [0.2, 0.25) is 0 Å². The summed E-state index contributed by atoms with van der Waals surface area (Å²) in [6, 6.07) is 5.71. The number of hydrogen-bond donors (Lipinski definition) is 4. The lowest BCUT2D eigenvalue weighted by Gasteiger charge is -2.36. The standard InChI is InChI=1S/C23H38N8O/c1-23(25)8-15-30(16-9-23)12-2-3-13-31-14-7-21(29-22(31)32)28-20-6-5-19(18-27-20)17-26-11-4-10-24/h5-7,14,18,26H,2-4,8-13,15-17,24-25H2,1H3,(H,27,28,29,32). The molecule has 1 saturated heterocycles. The van der Waals surface area contributed by atoms with E-state index in [1.54, 1.807) is 10.8 Å². The summed E-state index contributed by atoms with van der Waals surface area (Å²) in [6.07, 6.45) is 8.68. The molecule has 1 aliphatic heterocycles. The van der Waals surface area contributed by atoms with Crippen LogP contribution in [0.2, 0.25) is 0 Å². The number of aromatic nitrogens is 3. The van der Waals surface area contributed by atoms with E-state index in [1.165, 1.54) is 0 Å². The van der Waals surface area contributed by atoms with Crippen molar-refractivity contribution >= 4 is 11.6 Å². The van der Waals surface area contributed by atoms with Crippen molar-refractivity contribution in [3.05, 3.63) is 46.6 Å². The zero-order chi connectivity index (χ0) is 22.8. The molecule has 9 heteroatoms. The monoisotopic (exact) mass is 442 g/mol. The predicted octanol–water partition coefficient (Wildman–Crippen LogP) is 1.41. The van der Waals surface area contributed by atoms with Gasteiger partial charge in [0.1, 0.15) is 11.6 Å². The van der Waals surface area contributed by atoms with Crippen LogP contribution in [0.15, 0.2) is 35.4 Å². The van der Waals surface area contributed by atoms with E-state index in [-0.39, 0.29) is 11.2 Å². The summed E-state index contributed by atoms with van der Waals surface area (Å²) in [6.45, 7) is 8.34. The van der Waals surface area contributed by atoms with E-state index < -0.39 is 0 Å². The normalized spacial score (nSPS) is 16.2. The van der Waals surface area contributed by atoms with Gasteiger partial charge in [-0.25, -0.2) is 9.78 Å². The maximum atomic E-state index is 12.4. The van der Waals surface area contributed by atoms with Crippen LogP contribution in [0.5, 0.6) is 0 Å². The molecular formula is C23H38N8O. The lowest BCUT2D eigenvalue weighted by molar-refractivity contribution is 0.169. The highest BCUT2D eigenvalue weighted by atomic mass is 16.1. The minimum Gasteiger partial charge on any atom is -0.330 e. The summed E-state index contributed by atoms with van der Waals surface area (Å²) >= 11 is 0. The molecule has 0 spiro atoms. The fourth-order valence-corrected chi connectivity index (χ4v) is 3.77. The summed E-state index contributed by atoms with van der Waals surface area (Å²) in [4.78, 5) is 23.4. The van der Waals surface area contributed by atoms with Crippen molar-refractivity contribution in [1.82, 2.24) is 24.8 Å². The SMILES string of the molecule is CC1(N)CCN(CCCCn2ccc(Nc3ccc(CNCCCN)cn3)nc2=O)CC1. The van der Waals surface area contributed by atoms with E-state index in [0.717, 1.165) is 70.4 Å². The van der Waals surface area contributed by atoms with Crippen molar-refractivity contribution < 1.29 is 0 Å². The fourth-order valence-electron chi connectivity index (χ4n) is 3.77. The van der Waals surface area contributed by atoms with Crippen LogP contribution in [-0.4, -0.2) is 57.7 Å². The zero-order valence-corrected chi connectivity index (χ0v) is 19.2. The summed E-state index contributed by atoms with van der Waals surface area (Å²) in [5.41, 5.74) is 12.5. The Morgan fingerprint density at radius 3 is 2.56 bits per heavy atom. The fraction of sp³-hybridized carbons (Fsp3) is 0.609. The van der Waals surface area contributed by atoms with Gasteiger partial charge in [0.05, 0.1) is 0 Å². The van der Waals surface area contributed by atoms with E-state index in [0.29, 0.717) is 24.7 Å². The Kier molecular flexibility index (Phi) is 9.16. The Morgan fingerprint density at radius 2 is 1.88 bits per heavy atom. The molecule has 2 aromatic heterocycles. The third kappa shape index (κ3) is 7.98. The molecule has 32 heavy (non-hydrogen) atoms. The lowest BCUT2D eigenvalue weighted by atomic mass is 9.91. The second-order valence-electron chi connectivity index (χ2n) is 8.99. The van der Waals surface area contributed by atoms with Gasteiger partial charge in [-0.1, -0.05) is 6.07 Å². The first-order valence-corrected chi connectivity index (χ1v) is 11.7. The molecule has 1 fully saturated rings. The predicted molar refractivity (Wildman–Crippen MR) is 129 cm³/mol. The Balaban J connectivity index is 1.40. The van der Waals surface area contributed by atoms with Crippen LogP contribution in [0.25, 0.3) is 0 Å². The van der Waals surface area contributed by atoms with E-state index in [2.05, 4.69) is 32.4 Å². The van der Waals surface area contributed by atoms with Gasteiger partial charge < -0.3 is 27.0 Å². The molecule has 0 aromatic carbocycles. The number of likely N-dealkylation sites (tertiary alicyclic amines) is 1. The van der Waals surface area contributed by atoms with Crippen molar-refractivity contribution in [2.24, 2.45) is 11.5 Å². The van der Waals surface area contributed by atoms with Crippen molar-refractivity contribution in [2.45, 2.75) is 57.7 Å². The Labute approximate surface area is 190 Å². The van der Waals surface area contributed by atoms with E-state index in [9.17, 15) is 4.79 Å². The molecule has 6 N–H and O–H groups in total. The number of unbranched alkanes of at least 4 members (excludes halogenated alkanes) is 1. The van der Waals surface area contributed by atoms with Crippen LogP contribution in [0.4, 0.5) is 11.6 Å². The maximum absolute atomic E-state index is 12.4. The second kappa shape index (κ2) is 12.1. The summed E-state index contributed by atoms with van der Waals surface area (Å²) < 4.78 is 1.67. The number of hydrogen-bond acceptors (Lipinski definition) is 8. The molecule has 0 saturated carbocycles. The quantitative estimate of drug-likeness (QED) is 0.364. The lowest BCUT2D eigenvalue weighted by Crippen LogP contribution is -2.48. The molecule has 0 bridgehead atoms. The van der Waals surface area contributed by atoms with Crippen LogP contribution >= 0.6 is 0 Å². The minimum absolute atomic E-state index is 0.00946. The first-order valence-electron chi connectivity index (χ1n) is 11.7. The first kappa shape index (κ1) is 24.3. The van der Waals surface area contributed by atoms with Crippen LogP contribution in [-0.2, 0) is 13.1 Å². The third-order valence-corrected chi connectivity index (χ3v) is 5.96. The van der Waals surface area contributed by atoms with Gasteiger partial charge in [-0.05, 0) is 89.4 Å².